The van der Waals surface area contributed by atoms with Crippen LogP contribution in [-0.2, 0) is 9.47 Å². The van der Waals surface area contributed by atoms with E-state index in [4.69, 9.17) is 9.47 Å². The van der Waals surface area contributed by atoms with Crippen molar-refractivity contribution in [2.45, 2.75) is 65.9 Å². The molecular formula is C19H37NO2. The van der Waals surface area contributed by atoms with Crippen LogP contribution >= 0.6 is 0 Å². The van der Waals surface area contributed by atoms with E-state index in [1.54, 1.807) is 0 Å². The Morgan fingerprint density at radius 3 is 2.41 bits per heavy atom. The molecule has 130 valence electrons. The first-order chi connectivity index (χ1) is 10.5. The van der Waals surface area contributed by atoms with Crippen molar-refractivity contribution in [3.05, 3.63) is 0 Å². The van der Waals surface area contributed by atoms with Crippen LogP contribution in [0.1, 0.15) is 59.8 Å². The molecule has 2 atom stereocenters. The van der Waals surface area contributed by atoms with Crippen molar-refractivity contribution in [2.24, 2.45) is 17.3 Å². The highest BCUT2D eigenvalue weighted by atomic mass is 16.5. The molecule has 0 N–H and O–H groups in total. The average molecular weight is 312 g/mol. The molecule has 0 amide bonds. The first-order valence-corrected chi connectivity index (χ1v) is 9.42. The highest BCUT2D eigenvalue weighted by Gasteiger charge is 2.37. The number of rotatable bonds is 7. The average Bonchev–Trinajstić information content (AvgIpc) is 2.52. The monoisotopic (exact) mass is 311 g/mol. The minimum Gasteiger partial charge on any atom is -0.379 e. The maximum absolute atomic E-state index is 6.06. The number of hydrogen-bond acceptors (Lipinski definition) is 3. The van der Waals surface area contributed by atoms with Gasteiger partial charge in [0.05, 0.1) is 19.3 Å². The van der Waals surface area contributed by atoms with Gasteiger partial charge >= 0.3 is 0 Å². The van der Waals surface area contributed by atoms with E-state index >= 15 is 0 Å². The summed E-state index contributed by atoms with van der Waals surface area (Å²) >= 11 is 0. The molecule has 0 radical (unpaired) electrons. The van der Waals surface area contributed by atoms with Crippen LogP contribution < -0.4 is 0 Å². The minimum absolute atomic E-state index is 0.464. The zero-order chi connectivity index (χ0) is 16.0. The molecule has 0 aliphatic carbocycles. The minimum atomic E-state index is 0.464. The van der Waals surface area contributed by atoms with Gasteiger partial charge in [0.15, 0.2) is 0 Å². The molecule has 3 heteroatoms. The van der Waals surface area contributed by atoms with E-state index in [9.17, 15) is 0 Å². The van der Waals surface area contributed by atoms with Gasteiger partial charge in [-0.2, -0.15) is 0 Å². The molecule has 0 spiro atoms. The van der Waals surface area contributed by atoms with Gasteiger partial charge in [0.2, 0.25) is 0 Å². The molecule has 3 nitrogen and oxygen atoms in total. The molecule has 0 unspecified atom stereocenters. The summed E-state index contributed by atoms with van der Waals surface area (Å²) in [6.45, 7) is 15.6. The van der Waals surface area contributed by atoms with Crippen molar-refractivity contribution < 1.29 is 9.47 Å². The molecule has 22 heavy (non-hydrogen) atoms. The standard InChI is InChI=1S/C19H37NO2/c1-16(2)5-6-19(7-9-20-10-13-21-14-11-20)8-12-22-18(15-19)17(3)4/h16-18H,5-15H2,1-4H3/t18-,19+/m1/s1. The van der Waals surface area contributed by atoms with E-state index in [2.05, 4.69) is 32.6 Å². The molecular weight excluding hydrogens is 274 g/mol. The Bertz CT molecular complexity index is 313. The molecule has 0 aromatic rings. The summed E-state index contributed by atoms with van der Waals surface area (Å²) in [5, 5.41) is 0. The fourth-order valence-electron chi connectivity index (χ4n) is 3.84. The summed E-state index contributed by atoms with van der Waals surface area (Å²) in [4.78, 5) is 2.60. The summed E-state index contributed by atoms with van der Waals surface area (Å²) in [6, 6.07) is 0. The second kappa shape index (κ2) is 8.65. The zero-order valence-electron chi connectivity index (χ0n) is 15.3. The van der Waals surface area contributed by atoms with Crippen molar-refractivity contribution in [3.63, 3.8) is 0 Å². The molecule has 2 fully saturated rings. The Kier molecular flexibility index (Phi) is 7.17. The van der Waals surface area contributed by atoms with Gasteiger partial charge in [0.1, 0.15) is 0 Å². The van der Waals surface area contributed by atoms with Crippen LogP contribution in [0.2, 0.25) is 0 Å². The van der Waals surface area contributed by atoms with Crippen molar-refractivity contribution in [2.75, 3.05) is 39.5 Å². The Balaban J connectivity index is 1.94. The molecule has 0 aromatic carbocycles. The first kappa shape index (κ1) is 18.2. The fourth-order valence-corrected chi connectivity index (χ4v) is 3.84. The Morgan fingerprint density at radius 2 is 1.77 bits per heavy atom. The third-order valence-corrected chi connectivity index (χ3v) is 5.66. The smallest absolute Gasteiger partial charge is 0.0603 e. The van der Waals surface area contributed by atoms with Crippen molar-refractivity contribution in [1.29, 1.82) is 0 Å². The molecule has 0 saturated carbocycles. The number of hydrogen-bond donors (Lipinski definition) is 0. The lowest BCUT2D eigenvalue weighted by molar-refractivity contribution is -0.0802. The second-order valence-electron chi connectivity index (χ2n) is 8.24. The second-order valence-corrected chi connectivity index (χ2v) is 8.24. The maximum atomic E-state index is 6.06. The third kappa shape index (κ3) is 5.50. The summed E-state index contributed by atoms with van der Waals surface area (Å²) < 4.78 is 11.5. The lowest BCUT2D eigenvalue weighted by Gasteiger charge is -2.44. The van der Waals surface area contributed by atoms with Crippen molar-refractivity contribution >= 4 is 0 Å². The molecule has 2 saturated heterocycles. The highest BCUT2D eigenvalue weighted by Crippen LogP contribution is 2.43. The van der Waals surface area contributed by atoms with Gasteiger partial charge in [-0.3, -0.25) is 4.90 Å². The van der Waals surface area contributed by atoms with Gasteiger partial charge in [0, 0.05) is 19.7 Å². The van der Waals surface area contributed by atoms with Gasteiger partial charge in [-0.05, 0) is 49.5 Å². The van der Waals surface area contributed by atoms with E-state index in [0.717, 1.165) is 38.8 Å². The maximum Gasteiger partial charge on any atom is 0.0603 e. The predicted octanol–water partition coefficient (Wildman–Crippen LogP) is 3.97. The summed E-state index contributed by atoms with van der Waals surface area (Å²) in [5.41, 5.74) is 0.510. The van der Waals surface area contributed by atoms with Crippen LogP contribution in [0.25, 0.3) is 0 Å². The molecule has 2 heterocycles. The SMILES string of the molecule is CC(C)CC[C@]1(CCN2CCOCC2)CCO[C@@H](C(C)C)C1. The Morgan fingerprint density at radius 1 is 1.05 bits per heavy atom. The van der Waals surface area contributed by atoms with Gasteiger partial charge in [-0.25, -0.2) is 0 Å². The molecule has 0 aromatic heterocycles. The van der Waals surface area contributed by atoms with E-state index in [0.29, 0.717) is 17.4 Å². The van der Waals surface area contributed by atoms with Gasteiger partial charge in [-0.1, -0.05) is 34.1 Å². The summed E-state index contributed by atoms with van der Waals surface area (Å²) in [7, 11) is 0. The Hall–Kier alpha value is -0.120. The van der Waals surface area contributed by atoms with E-state index in [1.165, 1.54) is 38.6 Å². The molecule has 2 rings (SSSR count). The molecule has 2 aliphatic heterocycles. The predicted molar refractivity (Wildman–Crippen MR) is 92.2 cm³/mol. The van der Waals surface area contributed by atoms with Crippen molar-refractivity contribution in [3.8, 4) is 0 Å². The van der Waals surface area contributed by atoms with Gasteiger partial charge in [0.25, 0.3) is 0 Å². The van der Waals surface area contributed by atoms with Gasteiger partial charge in [-0.15, -0.1) is 0 Å². The molecule has 0 bridgehead atoms. The molecule has 2 aliphatic rings. The van der Waals surface area contributed by atoms with Crippen LogP contribution in [0, 0.1) is 17.3 Å². The fraction of sp³-hybridized carbons (Fsp3) is 1.00. The normalized spacial score (nSPS) is 31.1. The van der Waals surface area contributed by atoms with Gasteiger partial charge < -0.3 is 9.47 Å². The zero-order valence-corrected chi connectivity index (χ0v) is 15.3. The van der Waals surface area contributed by atoms with E-state index in [1.807, 2.05) is 0 Å². The van der Waals surface area contributed by atoms with Crippen LogP contribution in [0.3, 0.4) is 0 Å². The summed E-state index contributed by atoms with van der Waals surface area (Å²) in [6.07, 6.45) is 7.06. The quantitative estimate of drug-likeness (QED) is 0.710. The van der Waals surface area contributed by atoms with E-state index in [-0.39, 0.29) is 0 Å². The number of nitrogens with zero attached hydrogens (tertiary/aromatic N) is 1. The highest BCUT2D eigenvalue weighted by molar-refractivity contribution is 4.88. The van der Waals surface area contributed by atoms with E-state index < -0.39 is 0 Å². The van der Waals surface area contributed by atoms with Crippen LogP contribution in [-0.4, -0.2) is 50.5 Å². The Labute approximate surface area is 137 Å². The largest absolute Gasteiger partial charge is 0.379 e. The van der Waals surface area contributed by atoms with Crippen LogP contribution in [0.4, 0.5) is 0 Å². The van der Waals surface area contributed by atoms with Crippen LogP contribution in [0.5, 0.6) is 0 Å². The lowest BCUT2D eigenvalue weighted by atomic mass is 9.69. The van der Waals surface area contributed by atoms with Crippen molar-refractivity contribution in [1.82, 2.24) is 4.90 Å². The topological polar surface area (TPSA) is 21.7 Å². The number of morpholine rings is 1. The third-order valence-electron chi connectivity index (χ3n) is 5.66. The van der Waals surface area contributed by atoms with Crippen LogP contribution in [0.15, 0.2) is 0 Å². The summed E-state index contributed by atoms with van der Waals surface area (Å²) in [5.74, 6) is 1.45. The first-order valence-electron chi connectivity index (χ1n) is 9.42. The number of ether oxygens (including phenoxy) is 2. The lowest BCUT2D eigenvalue weighted by Crippen LogP contribution is -2.42.